The second-order valence-electron chi connectivity index (χ2n) is 7.67. The van der Waals surface area contributed by atoms with Gasteiger partial charge in [-0.05, 0) is 35.9 Å². The van der Waals surface area contributed by atoms with Crippen LogP contribution in [0.2, 0.25) is 0 Å². The zero-order chi connectivity index (χ0) is 18.6. The second-order valence-corrected chi connectivity index (χ2v) is 7.67. The minimum absolute atomic E-state index is 0.182. The molecule has 1 saturated heterocycles. The monoisotopic (exact) mass is 372 g/mol. The van der Waals surface area contributed by atoms with Crippen LogP contribution in [0, 0.1) is 5.82 Å². The van der Waals surface area contributed by atoms with Gasteiger partial charge in [0.05, 0.1) is 6.04 Å². The summed E-state index contributed by atoms with van der Waals surface area (Å²) in [5, 5.41) is 12.7. The van der Waals surface area contributed by atoms with Crippen LogP contribution in [-0.2, 0) is 0 Å². The molecule has 2 heterocycles. The maximum Gasteiger partial charge on any atom is 0.173 e. The van der Waals surface area contributed by atoms with Crippen LogP contribution >= 0.6 is 0 Å². The molecule has 1 aromatic carbocycles. The van der Waals surface area contributed by atoms with Gasteiger partial charge in [0.25, 0.3) is 0 Å². The van der Waals surface area contributed by atoms with E-state index in [4.69, 9.17) is 0 Å². The van der Waals surface area contributed by atoms with E-state index >= 15 is 0 Å². The maximum atomic E-state index is 14.8. The Morgan fingerprint density at radius 3 is 2.52 bits per heavy atom. The Bertz CT molecular complexity index is 734. The number of rotatable bonds is 5. The number of aromatic nitrogens is 4. The minimum Gasteiger partial charge on any atom is -0.301 e. The molecule has 1 atom stereocenters. The van der Waals surface area contributed by atoms with Gasteiger partial charge in [-0.25, -0.2) is 9.07 Å². The van der Waals surface area contributed by atoms with Crippen molar-refractivity contribution in [1.82, 2.24) is 30.0 Å². The SMILES string of the molecule is CCN1CCN(C(c2ccccc2F)c2nnnn2C2CCCCC2)CC1. The highest BCUT2D eigenvalue weighted by Gasteiger charge is 2.33. The van der Waals surface area contributed by atoms with Gasteiger partial charge in [0, 0.05) is 31.7 Å². The molecule has 1 aliphatic heterocycles. The largest absolute Gasteiger partial charge is 0.301 e. The van der Waals surface area contributed by atoms with Gasteiger partial charge >= 0.3 is 0 Å². The predicted octanol–water partition coefficient (Wildman–Crippen LogP) is 3.04. The number of halogens is 1. The predicted molar refractivity (Wildman–Crippen MR) is 102 cm³/mol. The lowest BCUT2D eigenvalue weighted by molar-refractivity contribution is 0.105. The number of hydrogen-bond acceptors (Lipinski definition) is 5. The Labute approximate surface area is 160 Å². The van der Waals surface area contributed by atoms with Crippen LogP contribution in [0.5, 0.6) is 0 Å². The molecule has 7 heteroatoms. The normalized spacial score (nSPS) is 21.4. The molecule has 2 fully saturated rings. The number of tetrazole rings is 1. The molecule has 0 bridgehead atoms. The van der Waals surface area contributed by atoms with Gasteiger partial charge in [-0.3, -0.25) is 4.90 Å². The summed E-state index contributed by atoms with van der Waals surface area (Å²) in [6.45, 7) is 7.01. The fraction of sp³-hybridized carbons (Fsp3) is 0.650. The Morgan fingerprint density at radius 1 is 1.07 bits per heavy atom. The summed E-state index contributed by atoms with van der Waals surface area (Å²) in [6.07, 6.45) is 5.91. The Hall–Kier alpha value is -1.86. The van der Waals surface area contributed by atoms with Crippen LogP contribution in [0.15, 0.2) is 24.3 Å². The van der Waals surface area contributed by atoms with Gasteiger partial charge < -0.3 is 4.90 Å². The molecule has 2 aliphatic rings. The zero-order valence-electron chi connectivity index (χ0n) is 16.1. The van der Waals surface area contributed by atoms with Crippen LogP contribution in [0.25, 0.3) is 0 Å². The summed E-state index contributed by atoms with van der Waals surface area (Å²) >= 11 is 0. The number of hydrogen-bond donors (Lipinski definition) is 0. The average molecular weight is 372 g/mol. The van der Waals surface area contributed by atoms with E-state index in [9.17, 15) is 4.39 Å². The quantitative estimate of drug-likeness (QED) is 0.807. The summed E-state index contributed by atoms with van der Waals surface area (Å²) in [7, 11) is 0. The first-order valence-corrected chi connectivity index (χ1v) is 10.3. The third-order valence-corrected chi connectivity index (χ3v) is 6.10. The molecule has 1 unspecified atom stereocenters. The second kappa shape index (κ2) is 8.44. The lowest BCUT2D eigenvalue weighted by Gasteiger charge is -2.39. The third-order valence-electron chi connectivity index (χ3n) is 6.10. The third kappa shape index (κ3) is 3.89. The Kier molecular flexibility index (Phi) is 5.78. The fourth-order valence-corrected chi connectivity index (χ4v) is 4.50. The molecule has 0 N–H and O–H groups in total. The van der Waals surface area contributed by atoms with E-state index in [-0.39, 0.29) is 11.9 Å². The van der Waals surface area contributed by atoms with Gasteiger partial charge in [0.2, 0.25) is 0 Å². The van der Waals surface area contributed by atoms with Gasteiger partial charge in [0.15, 0.2) is 5.82 Å². The molecule has 1 aliphatic carbocycles. The topological polar surface area (TPSA) is 50.1 Å². The van der Waals surface area contributed by atoms with Crippen molar-refractivity contribution in [2.24, 2.45) is 0 Å². The molecule has 146 valence electrons. The lowest BCUT2D eigenvalue weighted by atomic mass is 9.95. The van der Waals surface area contributed by atoms with E-state index in [1.165, 1.54) is 19.3 Å². The molecule has 0 spiro atoms. The summed E-state index contributed by atoms with van der Waals surface area (Å²) < 4.78 is 16.8. The van der Waals surface area contributed by atoms with E-state index in [2.05, 4.69) is 32.2 Å². The molecule has 1 aromatic heterocycles. The minimum atomic E-state index is -0.234. The summed E-state index contributed by atoms with van der Waals surface area (Å²) in [6, 6.07) is 7.17. The summed E-state index contributed by atoms with van der Waals surface area (Å²) in [4.78, 5) is 4.77. The van der Waals surface area contributed by atoms with Crippen LogP contribution in [0.4, 0.5) is 4.39 Å². The summed E-state index contributed by atoms with van der Waals surface area (Å²) in [5.41, 5.74) is 0.675. The van der Waals surface area contributed by atoms with Crippen molar-refractivity contribution in [2.75, 3.05) is 32.7 Å². The molecule has 1 saturated carbocycles. The van der Waals surface area contributed by atoms with Crippen LogP contribution < -0.4 is 0 Å². The molecule has 0 radical (unpaired) electrons. The smallest absolute Gasteiger partial charge is 0.173 e. The van der Waals surface area contributed by atoms with Crippen molar-refractivity contribution >= 4 is 0 Å². The van der Waals surface area contributed by atoms with Gasteiger partial charge in [-0.2, -0.15) is 0 Å². The molecular formula is C20H29FN6. The molecule has 2 aromatic rings. The van der Waals surface area contributed by atoms with Gasteiger partial charge in [-0.15, -0.1) is 5.10 Å². The van der Waals surface area contributed by atoms with Crippen molar-refractivity contribution in [3.05, 3.63) is 41.5 Å². The van der Waals surface area contributed by atoms with Gasteiger partial charge in [0.1, 0.15) is 11.9 Å². The van der Waals surface area contributed by atoms with Crippen LogP contribution in [-0.4, -0.2) is 62.7 Å². The molecule has 0 amide bonds. The van der Waals surface area contributed by atoms with Gasteiger partial charge in [-0.1, -0.05) is 44.4 Å². The highest BCUT2D eigenvalue weighted by Crippen LogP contribution is 2.34. The van der Waals surface area contributed by atoms with Crippen LogP contribution in [0.1, 0.15) is 62.5 Å². The fourth-order valence-electron chi connectivity index (χ4n) is 4.50. The van der Waals surface area contributed by atoms with E-state index in [1.54, 1.807) is 12.1 Å². The van der Waals surface area contributed by atoms with E-state index in [0.29, 0.717) is 11.6 Å². The van der Waals surface area contributed by atoms with Crippen molar-refractivity contribution in [1.29, 1.82) is 0 Å². The van der Waals surface area contributed by atoms with Crippen molar-refractivity contribution < 1.29 is 4.39 Å². The molecular weight excluding hydrogens is 343 g/mol. The van der Waals surface area contributed by atoms with Crippen molar-refractivity contribution in [3.8, 4) is 0 Å². The number of piperazine rings is 1. The Morgan fingerprint density at radius 2 is 1.81 bits per heavy atom. The standard InChI is InChI=1S/C20H29FN6/c1-2-25-12-14-26(15-13-25)19(17-10-6-7-11-18(17)21)20-22-23-24-27(20)16-8-4-3-5-9-16/h6-7,10-11,16,19H,2-5,8-9,12-15H2,1H3. The van der Waals surface area contributed by atoms with E-state index in [1.807, 2.05) is 16.8 Å². The Balaban J connectivity index is 1.69. The number of nitrogens with zero attached hydrogens (tertiary/aromatic N) is 6. The lowest BCUT2D eigenvalue weighted by Crippen LogP contribution is -2.48. The molecule has 6 nitrogen and oxygen atoms in total. The highest BCUT2D eigenvalue weighted by molar-refractivity contribution is 5.27. The maximum absolute atomic E-state index is 14.8. The van der Waals surface area contributed by atoms with Crippen molar-refractivity contribution in [2.45, 2.75) is 51.1 Å². The first-order valence-electron chi connectivity index (χ1n) is 10.3. The number of benzene rings is 1. The molecule has 4 rings (SSSR count). The summed E-state index contributed by atoms with van der Waals surface area (Å²) in [5.74, 6) is 0.607. The molecule has 27 heavy (non-hydrogen) atoms. The van der Waals surface area contributed by atoms with Crippen molar-refractivity contribution in [3.63, 3.8) is 0 Å². The van der Waals surface area contributed by atoms with E-state index in [0.717, 1.165) is 51.4 Å². The average Bonchev–Trinajstić information content (AvgIpc) is 3.20. The first kappa shape index (κ1) is 18.5. The van der Waals surface area contributed by atoms with E-state index < -0.39 is 0 Å². The highest BCUT2D eigenvalue weighted by atomic mass is 19.1. The number of likely N-dealkylation sites (N-methyl/N-ethyl adjacent to an activating group) is 1. The zero-order valence-corrected chi connectivity index (χ0v) is 16.1. The van der Waals surface area contributed by atoms with Crippen LogP contribution in [0.3, 0.4) is 0 Å². The first-order chi connectivity index (χ1) is 13.3.